The third kappa shape index (κ3) is 4.49. The zero-order chi connectivity index (χ0) is 19.2. The van der Waals surface area contributed by atoms with Gasteiger partial charge in [-0.1, -0.05) is 43.0 Å². The molecule has 0 saturated heterocycles. The molecule has 0 aliphatic carbocycles. The topological polar surface area (TPSA) is 69.0 Å². The minimum Gasteiger partial charge on any atom is -0.496 e. The quantitative estimate of drug-likeness (QED) is 0.630. The number of hydrogen-bond acceptors (Lipinski definition) is 5. The van der Waals surface area contributed by atoms with Crippen molar-refractivity contribution >= 4 is 23.4 Å². The van der Waals surface area contributed by atoms with Crippen LogP contribution in [0.2, 0.25) is 0 Å². The Labute approximate surface area is 163 Å². The van der Waals surface area contributed by atoms with E-state index >= 15 is 0 Å². The Kier molecular flexibility index (Phi) is 6.13. The summed E-state index contributed by atoms with van der Waals surface area (Å²) < 4.78 is 7.26. The molecule has 1 aromatic heterocycles. The Morgan fingerprint density at radius 1 is 1.15 bits per heavy atom. The fourth-order valence-corrected chi connectivity index (χ4v) is 3.37. The molecule has 27 heavy (non-hydrogen) atoms. The summed E-state index contributed by atoms with van der Waals surface area (Å²) in [4.78, 5) is 12.2. The fraction of sp³-hybridized carbons (Fsp3) is 0.250. The van der Waals surface area contributed by atoms with E-state index in [4.69, 9.17) is 4.74 Å². The first-order valence-corrected chi connectivity index (χ1v) is 9.65. The minimum atomic E-state index is -0.0777. The molecule has 7 heteroatoms. The maximum atomic E-state index is 12.2. The molecular formula is C20H22N4O2S. The van der Waals surface area contributed by atoms with Crippen LogP contribution in [0, 0.1) is 0 Å². The van der Waals surface area contributed by atoms with Crippen LogP contribution in [0.1, 0.15) is 12.5 Å². The van der Waals surface area contributed by atoms with Gasteiger partial charge in [0.1, 0.15) is 5.75 Å². The van der Waals surface area contributed by atoms with E-state index in [1.165, 1.54) is 17.3 Å². The number of nitrogens with one attached hydrogen (secondary N) is 1. The van der Waals surface area contributed by atoms with E-state index in [1.807, 2.05) is 60.1 Å². The van der Waals surface area contributed by atoms with Crippen molar-refractivity contribution in [2.24, 2.45) is 7.05 Å². The Morgan fingerprint density at radius 2 is 1.89 bits per heavy atom. The van der Waals surface area contributed by atoms with Gasteiger partial charge >= 0.3 is 0 Å². The van der Waals surface area contributed by atoms with Gasteiger partial charge in [-0.25, -0.2) is 0 Å². The first-order chi connectivity index (χ1) is 13.1. The summed E-state index contributed by atoms with van der Waals surface area (Å²) in [7, 11) is 3.51. The number of anilines is 1. The van der Waals surface area contributed by atoms with Crippen LogP contribution in [0.25, 0.3) is 11.4 Å². The van der Waals surface area contributed by atoms with Gasteiger partial charge in [-0.2, -0.15) is 0 Å². The number of carbonyl (C=O) groups excluding carboxylic acids is 1. The Bertz CT molecular complexity index is 922. The molecule has 2 aromatic carbocycles. The summed E-state index contributed by atoms with van der Waals surface area (Å²) in [6, 6.07) is 15.5. The second kappa shape index (κ2) is 8.73. The number of ether oxygens (including phenoxy) is 1. The number of methoxy groups -OCH3 is 1. The number of benzene rings is 2. The molecule has 0 aliphatic heterocycles. The lowest BCUT2D eigenvalue weighted by molar-refractivity contribution is -0.113. The predicted octanol–water partition coefficient (Wildman–Crippen LogP) is 3.78. The summed E-state index contributed by atoms with van der Waals surface area (Å²) in [5, 5.41) is 12.0. The molecule has 0 radical (unpaired) electrons. The van der Waals surface area contributed by atoms with Crippen molar-refractivity contribution in [1.29, 1.82) is 0 Å². The van der Waals surface area contributed by atoms with Gasteiger partial charge in [0.05, 0.1) is 18.4 Å². The van der Waals surface area contributed by atoms with Gasteiger partial charge in [-0.15, -0.1) is 10.2 Å². The summed E-state index contributed by atoms with van der Waals surface area (Å²) in [5.74, 6) is 1.61. The highest BCUT2D eigenvalue weighted by atomic mass is 32.2. The van der Waals surface area contributed by atoms with Gasteiger partial charge in [-0.3, -0.25) is 4.79 Å². The number of para-hydroxylation sites is 1. The van der Waals surface area contributed by atoms with Gasteiger partial charge in [0, 0.05) is 12.7 Å². The molecule has 0 atom stereocenters. The molecule has 1 N–H and O–H groups in total. The molecule has 140 valence electrons. The molecule has 0 spiro atoms. The van der Waals surface area contributed by atoms with Crippen LogP contribution < -0.4 is 10.1 Å². The van der Waals surface area contributed by atoms with E-state index in [-0.39, 0.29) is 11.7 Å². The second-order valence-electron chi connectivity index (χ2n) is 5.95. The van der Waals surface area contributed by atoms with Crippen molar-refractivity contribution in [3.63, 3.8) is 0 Å². The average molecular weight is 382 g/mol. The number of nitrogens with zero attached hydrogens (tertiary/aromatic N) is 3. The Balaban J connectivity index is 1.64. The van der Waals surface area contributed by atoms with Gasteiger partial charge < -0.3 is 14.6 Å². The third-order valence-electron chi connectivity index (χ3n) is 4.16. The molecule has 6 nitrogen and oxygen atoms in total. The lowest BCUT2D eigenvalue weighted by Gasteiger charge is -2.08. The van der Waals surface area contributed by atoms with E-state index in [1.54, 1.807) is 7.11 Å². The summed E-state index contributed by atoms with van der Waals surface area (Å²) in [6.45, 7) is 2.10. The molecule has 0 unspecified atom stereocenters. The number of rotatable bonds is 7. The molecule has 1 amide bonds. The Hall–Kier alpha value is -2.80. The standard InChI is InChI=1S/C20H22N4O2S/c1-4-14-9-11-15(12-10-14)21-18(25)13-27-20-23-22-19(24(20)2)16-7-5-6-8-17(16)26-3/h5-12H,4,13H2,1-3H3,(H,21,25). The zero-order valence-electron chi connectivity index (χ0n) is 15.6. The number of amides is 1. The molecule has 3 aromatic rings. The molecule has 0 aliphatic rings. The molecular weight excluding hydrogens is 360 g/mol. The smallest absolute Gasteiger partial charge is 0.234 e. The highest BCUT2D eigenvalue weighted by Crippen LogP contribution is 2.29. The summed E-state index contributed by atoms with van der Waals surface area (Å²) in [6.07, 6.45) is 0.977. The monoisotopic (exact) mass is 382 g/mol. The van der Waals surface area contributed by atoms with Crippen molar-refractivity contribution < 1.29 is 9.53 Å². The third-order valence-corrected chi connectivity index (χ3v) is 5.18. The van der Waals surface area contributed by atoms with Crippen LogP contribution in [-0.4, -0.2) is 33.5 Å². The highest BCUT2D eigenvalue weighted by molar-refractivity contribution is 7.99. The van der Waals surface area contributed by atoms with Crippen LogP contribution in [0.15, 0.2) is 53.7 Å². The van der Waals surface area contributed by atoms with Crippen LogP contribution in [0.3, 0.4) is 0 Å². The maximum Gasteiger partial charge on any atom is 0.234 e. The van der Waals surface area contributed by atoms with Gasteiger partial charge in [0.15, 0.2) is 11.0 Å². The lowest BCUT2D eigenvalue weighted by Crippen LogP contribution is -2.14. The van der Waals surface area contributed by atoms with E-state index < -0.39 is 0 Å². The molecule has 0 bridgehead atoms. The van der Waals surface area contributed by atoms with E-state index in [0.29, 0.717) is 11.0 Å². The van der Waals surface area contributed by atoms with Crippen molar-refractivity contribution in [3.05, 3.63) is 54.1 Å². The van der Waals surface area contributed by atoms with Crippen molar-refractivity contribution in [2.45, 2.75) is 18.5 Å². The first kappa shape index (κ1) is 19.0. The van der Waals surface area contributed by atoms with Gasteiger partial charge in [-0.05, 0) is 36.2 Å². The summed E-state index contributed by atoms with van der Waals surface area (Å²) in [5.41, 5.74) is 2.90. The number of aryl methyl sites for hydroxylation is 1. The van der Waals surface area contributed by atoms with Gasteiger partial charge in [0.25, 0.3) is 0 Å². The van der Waals surface area contributed by atoms with E-state index in [0.717, 1.165) is 23.4 Å². The highest BCUT2D eigenvalue weighted by Gasteiger charge is 2.15. The van der Waals surface area contributed by atoms with Crippen LogP contribution >= 0.6 is 11.8 Å². The van der Waals surface area contributed by atoms with Crippen molar-refractivity contribution in [3.8, 4) is 17.1 Å². The number of aromatic nitrogens is 3. The normalized spacial score (nSPS) is 10.6. The van der Waals surface area contributed by atoms with Crippen LogP contribution in [0.4, 0.5) is 5.69 Å². The molecule has 3 rings (SSSR count). The first-order valence-electron chi connectivity index (χ1n) is 8.66. The maximum absolute atomic E-state index is 12.2. The summed E-state index contributed by atoms with van der Waals surface area (Å²) >= 11 is 1.35. The minimum absolute atomic E-state index is 0.0777. The SMILES string of the molecule is CCc1ccc(NC(=O)CSc2nnc(-c3ccccc3OC)n2C)cc1. The molecule has 0 saturated carbocycles. The Morgan fingerprint density at radius 3 is 2.59 bits per heavy atom. The van der Waals surface area contributed by atoms with Crippen LogP contribution in [-0.2, 0) is 18.3 Å². The average Bonchev–Trinajstić information content (AvgIpc) is 3.07. The van der Waals surface area contributed by atoms with E-state index in [2.05, 4.69) is 22.4 Å². The molecule has 0 fully saturated rings. The number of carbonyl (C=O) groups is 1. The number of hydrogen-bond donors (Lipinski definition) is 1. The molecule has 1 heterocycles. The van der Waals surface area contributed by atoms with Crippen LogP contribution in [0.5, 0.6) is 5.75 Å². The number of thioether (sulfide) groups is 1. The van der Waals surface area contributed by atoms with Crippen molar-refractivity contribution in [2.75, 3.05) is 18.2 Å². The lowest BCUT2D eigenvalue weighted by atomic mass is 10.1. The zero-order valence-corrected chi connectivity index (χ0v) is 16.4. The van der Waals surface area contributed by atoms with Crippen molar-refractivity contribution in [1.82, 2.24) is 14.8 Å². The largest absolute Gasteiger partial charge is 0.496 e. The second-order valence-corrected chi connectivity index (χ2v) is 6.90. The fourth-order valence-electron chi connectivity index (χ4n) is 2.66. The van der Waals surface area contributed by atoms with Gasteiger partial charge in [0.2, 0.25) is 5.91 Å². The predicted molar refractivity (Wildman–Crippen MR) is 108 cm³/mol. The van der Waals surface area contributed by atoms with E-state index in [9.17, 15) is 4.79 Å².